The van der Waals surface area contributed by atoms with Gasteiger partial charge >= 0.3 is 6.09 Å². The normalized spacial score (nSPS) is 10.7. The number of hydrogen-bond acceptors (Lipinski definition) is 4. The van der Waals surface area contributed by atoms with E-state index in [9.17, 15) is 4.79 Å². The third kappa shape index (κ3) is 9.34. The lowest BCUT2D eigenvalue weighted by atomic mass is 10.2. The highest BCUT2D eigenvalue weighted by Crippen LogP contribution is 2.24. The lowest BCUT2D eigenvalue weighted by molar-refractivity contribution is 0.142. The predicted molar refractivity (Wildman–Crippen MR) is 103 cm³/mol. The molecule has 0 aliphatic rings. The van der Waals surface area contributed by atoms with Crippen LogP contribution in [0.5, 0.6) is 5.75 Å². The number of unbranched alkanes of at least 4 members (excludes halogenated alkanes) is 4. The van der Waals surface area contributed by atoms with Crippen LogP contribution in [0.3, 0.4) is 0 Å². The molecule has 142 valence electrons. The van der Waals surface area contributed by atoms with Crippen molar-refractivity contribution in [2.24, 2.45) is 0 Å². The van der Waals surface area contributed by atoms with Gasteiger partial charge in [-0.25, -0.2) is 4.79 Å². The molecule has 1 amide bonds. The van der Waals surface area contributed by atoms with Crippen molar-refractivity contribution in [3.63, 3.8) is 0 Å². The van der Waals surface area contributed by atoms with Gasteiger partial charge in [-0.15, -0.1) is 0 Å². The molecule has 0 aliphatic heterocycles. The number of anilines is 1. The van der Waals surface area contributed by atoms with E-state index in [4.69, 9.17) is 9.47 Å². The average molecular weight is 351 g/mol. The Morgan fingerprint density at radius 3 is 2.44 bits per heavy atom. The summed E-state index contributed by atoms with van der Waals surface area (Å²) in [6, 6.07) is 7.48. The van der Waals surface area contributed by atoms with E-state index in [0.717, 1.165) is 26.1 Å². The van der Waals surface area contributed by atoms with Crippen molar-refractivity contribution in [3.8, 4) is 5.75 Å². The minimum absolute atomic E-state index is 0.383. The van der Waals surface area contributed by atoms with Crippen molar-refractivity contribution in [3.05, 3.63) is 24.3 Å². The first-order chi connectivity index (χ1) is 12.2. The highest BCUT2D eigenvalue weighted by atomic mass is 16.5. The molecule has 1 rings (SSSR count). The average Bonchev–Trinajstić information content (AvgIpc) is 2.63. The second kappa shape index (κ2) is 13.5. The molecule has 5 nitrogen and oxygen atoms in total. The van der Waals surface area contributed by atoms with Gasteiger partial charge in [0.05, 0.1) is 12.3 Å². The Morgan fingerprint density at radius 2 is 1.72 bits per heavy atom. The van der Waals surface area contributed by atoms with Gasteiger partial charge in [-0.05, 0) is 31.6 Å². The fraction of sp³-hybridized carbons (Fsp3) is 0.650. The highest BCUT2D eigenvalue weighted by Gasteiger charge is 2.09. The van der Waals surface area contributed by atoms with E-state index in [1.807, 2.05) is 24.3 Å². The van der Waals surface area contributed by atoms with E-state index in [-0.39, 0.29) is 0 Å². The first kappa shape index (κ1) is 21.3. The van der Waals surface area contributed by atoms with Crippen molar-refractivity contribution in [1.82, 2.24) is 4.90 Å². The van der Waals surface area contributed by atoms with Crippen LogP contribution in [0.4, 0.5) is 10.5 Å². The van der Waals surface area contributed by atoms with Gasteiger partial charge in [-0.1, -0.05) is 58.6 Å². The quantitative estimate of drug-likeness (QED) is 0.513. The van der Waals surface area contributed by atoms with E-state index in [0.29, 0.717) is 24.7 Å². The summed E-state index contributed by atoms with van der Waals surface area (Å²) in [4.78, 5) is 14.2. The number of benzene rings is 1. The molecule has 0 aliphatic carbocycles. The number of para-hydroxylation sites is 2. The monoisotopic (exact) mass is 350 g/mol. The number of likely N-dealkylation sites (N-methyl/N-ethyl adjacent to an activating group) is 1. The van der Waals surface area contributed by atoms with Gasteiger partial charge in [-0.3, -0.25) is 5.32 Å². The van der Waals surface area contributed by atoms with E-state index in [1.54, 1.807) is 0 Å². The molecule has 0 heterocycles. The molecule has 1 aromatic rings. The summed E-state index contributed by atoms with van der Waals surface area (Å²) in [6.07, 6.45) is 5.53. The Kier molecular flexibility index (Phi) is 11.5. The van der Waals surface area contributed by atoms with Crippen LogP contribution in [0.25, 0.3) is 0 Å². The summed E-state index contributed by atoms with van der Waals surface area (Å²) >= 11 is 0. The van der Waals surface area contributed by atoms with E-state index < -0.39 is 6.09 Å². The summed E-state index contributed by atoms with van der Waals surface area (Å²) in [7, 11) is 0. The number of rotatable bonds is 13. The van der Waals surface area contributed by atoms with Crippen molar-refractivity contribution in [1.29, 1.82) is 0 Å². The van der Waals surface area contributed by atoms with Crippen molar-refractivity contribution in [2.75, 3.05) is 38.2 Å². The third-order valence-corrected chi connectivity index (χ3v) is 4.16. The molecule has 0 bridgehead atoms. The zero-order valence-corrected chi connectivity index (χ0v) is 16.1. The second-order valence-electron chi connectivity index (χ2n) is 6.05. The van der Waals surface area contributed by atoms with E-state index in [1.165, 1.54) is 25.7 Å². The first-order valence-electron chi connectivity index (χ1n) is 9.59. The van der Waals surface area contributed by atoms with Gasteiger partial charge in [0, 0.05) is 6.54 Å². The topological polar surface area (TPSA) is 50.8 Å². The van der Waals surface area contributed by atoms with Gasteiger partial charge in [0.1, 0.15) is 12.4 Å². The molecule has 0 fully saturated rings. The number of carbonyl (C=O) groups is 1. The van der Waals surface area contributed by atoms with Gasteiger partial charge in [0.15, 0.2) is 0 Å². The van der Waals surface area contributed by atoms with Gasteiger partial charge < -0.3 is 14.4 Å². The van der Waals surface area contributed by atoms with Crippen LogP contribution in [0.2, 0.25) is 0 Å². The summed E-state index contributed by atoms with van der Waals surface area (Å²) in [5.41, 5.74) is 0.656. The first-order valence-corrected chi connectivity index (χ1v) is 9.59. The van der Waals surface area contributed by atoms with Crippen molar-refractivity contribution >= 4 is 11.8 Å². The zero-order valence-electron chi connectivity index (χ0n) is 16.1. The predicted octanol–water partition coefficient (Wildman–Crippen LogP) is 4.93. The van der Waals surface area contributed by atoms with Crippen molar-refractivity contribution < 1.29 is 14.3 Å². The van der Waals surface area contributed by atoms with Gasteiger partial charge in [-0.2, -0.15) is 0 Å². The standard InChI is InChI=1S/C20H34N2O3/c1-4-7-8-9-12-16-24-19-14-11-10-13-18(19)21-20(23)25-17-15-22(5-2)6-3/h10-11,13-14H,4-9,12,15-17H2,1-3H3,(H,21,23). The molecule has 5 heteroatoms. The smallest absolute Gasteiger partial charge is 0.411 e. The second-order valence-corrected chi connectivity index (χ2v) is 6.05. The summed E-state index contributed by atoms with van der Waals surface area (Å²) in [5, 5.41) is 2.78. The maximum atomic E-state index is 12.0. The number of carbonyl (C=O) groups excluding carboxylic acids is 1. The van der Waals surface area contributed by atoms with Crippen LogP contribution < -0.4 is 10.1 Å². The molecule has 0 spiro atoms. The Bertz CT molecular complexity index is 476. The molecule has 0 aromatic heterocycles. The van der Waals surface area contributed by atoms with Crippen LogP contribution >= 0.6 is 0 Å². The van der Waals surface area contributed by atoms with Crippen LogP contribution in [0.1, 0.15) is 52.9 Å². The van der Waals surface area contributed by atoms with Crippen LogP contribution in [0, 0.1) is 0 Å². The van der Waals surface area contributed by atoms with E-state index in [2.05, 4.69) is 31.0 Å². The molecule has 1 N–H and O–H groups in total. The summed E-state index contributed by atoms with van der Waals surface area (Å²) in [6.45, 7) is 10.1. The molecule has 1 aromatic carbocycles. The fourth-order valence-corrected chi connectivity index (χ4v) is 2.54. The number of nitrogens with zero attached hydrogens (tertiary/aromatic N) is 1. The van der Waals surface area contributed by atoms with Crippen LogP contribution in [-0.4, -0.2) is 43.8 Å². The molecule has 0 saturated heterocycles. The maximum Gasteiger partial charge on any atom is 0.411 e. The Morgan fingerprint density at radius 1 is 1.00 bits per heavy atom. The van der Waals surface area contributed by atoms with Gasteiger partial charge in [0.25, 0.3) is 0 Å². The third-order valence-electron chi connectivity index (χ3n) is 4.16. The summed E-state index contributed by atoms with van der Waals surface area (Å²) < 4.78 is 11.1. The number of nitrogens with one attached hydrogen (secondary N) is 1. The number of hydrogen-bond donors (Lipinski definition) is 1. The number of amides is 1. The number of ether oxygens (including phenoxy) is 2. The Hall–Kier alpha value is -1.75. The Labute approximate surface area is 152 Å². The van der Waals surface area contributed by atoms with Gasteiger partial charge in [0.2, 0.25) is 0 Å². The minimum Gasteiger partial charge on any atom is -0.491 e. The molecule has 25 heavy (non-hydrogen) atoms. The molecular weight excluding hydrogens is 316 g/mol. The molecule has 0 radical (unpaired) electrons. The Balaban J connectivity index is 2.36. The maximum absolute atomic E-state index is 12.0. The molecular formula is C20H34N2O3. The van der Waals surface area contributed by atoms with Crippen molar-refractivity contribution in [2.45, 2.75) is 52.9 Å². The minimum atomic E-state index is -0.439. The lowest BCUT2D eigenvalue weighted by Crippen LogP contribution is -2.28. The molecule has 0 atom stereocenters. The van der Waals surface area contributed by atoms with Crippen LogP contribution in [-0.2, 0) is 4.74 Å². The van der Waals surface area contributed by atoms with Crippen LogP contribution in [0.15, 0.2) is 24.3 Å². The largest absolute Gasteiger partial charge is 0.491 e. The zero-order chi connectivity index (χ0) is 18.3. The molecule has 0 saturated carbocycles. The SMILES string of the molecule is CCCCCCCOc1ccccc1NC(=O)OCCN(CC)CC. The molecule has 0 unspecified atom stereocenters. The highest BCUT2D eigenvalue weighted by molar-refractivity contribution is 5.86. The lowest BCUT2D eigenvalue weighted by Gasteiger charge is -2.18. The summed E-state index contributed by atoms with van der Waals surface area (Å²) in [5.74, 6) is 0.693. The fourth-order valence-electron chi connectivity index (χ4n) is 2.54. The van der Waals surface area contributed by atoms with E-state index >= 15 is 0 Å².